The van der Waals surface area contributed by atoms with Crippen LogP contribution in [0.25, 0.3) is 0 Å². The molecule has 1 aliphatic rings. The molecule has 0 unspecified atom stereocenters. The molecule has 78 valence electrons. The van der Waals surface area contributed by atoms with E-state index in [9.17, 15) is 5.11 Å². The van der Waals surface area contributed by atoms with Crippen LogP contribution in [0.4, 0.5) is 0 Å². The summed E-state index contributed by atoms with van der Waals surface area (Å²) in [6.45, 7) is 1.95. The molecule has 0 aromatic heterocycles. The van der Waals surface area contributed by atoms with Gasteiger partial charge in [-0.15, -0.1) is 0 Å². The quantitative estimate of drug-likeness (QED) is 0.552. The molecule has 0 atom stereocenters. The van der Waals surface area contributed by atoms with Crippen LogP contribution in [0.15, 0.2) is 0 Å². The van der Waals surface area contributed by atoms with Crippen LogP contribution in [0.1, 0.15) is 38.5 Å². The summed E-state index contributed by atoms with van der Waals surface area (Å²) in [7, 11) is 0. The Morgan fingerprint density at radius 1 is 1.23 bits per heavy atom. The molecule has 3 heteroatoms. The number of aliphatic hydroxyl groups is 1. The molecule has 13 heavy (non-hydrogen) atoms. The summed E-state index contributed by atoms with van der Waals surface area (Å²) in [6.07, 6.45) is 7.05. The average molecular weight is 186 g/mol. The summed E-state index contributed by atoms with van der Waals surface area (Å²) in [4.78, 5) is 0. The number of aliphatic hydroxyl groups excluding tert-OH is 1. The van der Waals surface area contributed by atoms with Crippen molar-refractivity contribution in [2.75, 3.05) is 19.7 Å². The first kappa shape index (κ1) is 11.0. The molecule has 1 rings (SSSR count). The summed E-state index contributed by atoms with van der Waals surface area (Å²) in [5.74, 6) is 0. The van der Waals surface area contributed by atoms with E-state index in [1.54, 1.807) is 0 Å². The second-order valence-electron chi connectivity index (χ2n) is 4.07. The summed E-state index contributed by atoms with van der Waals surface area (Å²) in [5.41, 5.74) is 5.45. The first-order valence-corrected chi connectivity index (χ1v) is 5.39. The van der Waals surface area contributed by atoms with Gasteiger partial charge in [0.15, 0.2) is 0 Å². The monoisotopic (exact) mass is 186 g/mol. The Morgan fingerprint density at radius 3 is 2.46 bits per heavy atom. The van der Waals surface area contributed by atoms with Gasteiger partial charge in [-0.2, -0.15) is 0 Å². The minimum atomic E-state index is 0.0213. The Kier molecular flexibility index (Phi) is 4.70. The van der Waals surface area contributed by atoms with Crippen molar-refractivity contribution < 1.29 is 5.11 Å². The van der Waals surface area contributed by atoms with E-state index in [1.165, 1.54) is 19.3 Å². The minimum Gasteiger partial charge on any atom is -0.394 e. The summed E-state index contributed by atoms with van der Waals surface area (Å²) in [5, 5.41) is 12.8. The number of hydrogen-bond acceptors (Lipinski definition) is 3. The molecule has 1 aliphatic carbocycles. The molecule has 0 heterocycles. The maximum Gasteiger partial charge on any atom is 0.0613 e. The van der Waals surface area contributed by atoms with Crippen LogP contribution in [-0.4, -0.2) is 30.3 Å². The van der Waals surface area contributed by atoms with Crippen molar-refractivity contribution in [1.29, 1.82) is 0 Å². The number of nitrogens with two attached hydrogens (primary N) is 1. The Bertz CT molecular complexity index is 133. The van der Waals surface area contributed by atoms with Crippen LogP contribution in [0, 0.1) is 0 Å². The summed E-state index contributed by atoms with van der Waals surface area (Å²) >= 11 is 0. The van der Waals surface area contributed by atoms with Crippen molar-refractivity contribution in [3.8, 4) is 0 Å². The third-order valence-electron chi connectivity index (χ3n) is 2.99. The van der Waals surface area contributed by atoms with Gasteiger partial charge in [-0.1, -0.05) is 19.3 Å². The molecule has 0 aromatic carbocycles. The van der Waals surface area contributed by atoms with Gasteiger partial charge < -0.3 is 16.2 Å². The molecule has 0 aliphatic heterocycles. The maximum absolute atomic E-state index is 9.35. The zero-order valence-electron chi connectivity index (χ0n) is 8.39. The molecule has 1 fully saturated rings. The van der Waals surface area contributed by atoms with Gasteiger partial charge in [-0.05, 0) is 32.4 Å². The lowest BCUT2D eigenvalue weighted by Crippen LogP contribution is -2.50. The predicted octanol–water partition coefficient (Wildman–Crippen LogP) is 0.620. The lowest BCUT2D eigenvalue weighted by Gasteiger charge is -2.36. The summed E-state index contributed by atoms with van der Waals surface area (Å²) in [6, 6.07) is 0. The molecule has 1 saturated carbocycles. The highest BCUT2D eigenvalue weighted by Gasteiger charge is 2.29. The van der Waals surface area contributed by atoms with Crippen LogP contribution in [-0.2, 0) is 0 Å². The van der Waals surface area contributed by atoms with Gasteiger partial charge in [0.25, 0.3) is 0 Å². The second-order valence-corrected chi connectivity index (χ2v) is 4.07. The molecule has 0 amide bonds. The molecular weight excluding hydrogens is 164 g/mol. The van der Waals surface area contributed by atoms with Gasteiger partial charge in [0.2, 0.25) is 0 Å². The lowest BCUT2D eigenvalue weighted by atomic mass is 9.82. The first-order chi connectivity index (χ1) is 6.33. The zero-order chi connectivity index (χ0) is 9.57. The fraction of sp³-hybridized carbons (Fsp3) is 1.00. The number of nitrogens with one attached hydrogen (secondary N) is 1. The Hall–Kier alpha value is -0.120. The van der Waals surface area contributed by atoms with E-state index in [-0.39, 0.29) is 12.1 Å². The third kappa shape index (κ3) is 3.25. The van der Waals surface area contributed by atoms with Crippen LogP contribution >= 0.6 is 0 Å². The van der Waals surface area contributed by atoms with Gasteiger partial charge in [0.1, 0.15) is 0 Å². The lowest BCUT2D eigenvalue weighted by molar-refractivity contribution is 0.121. The standard InChI is InChI=1S/C10H22N2O/c11-7-4-8-12-10(9-13)5-2-1-3-6-10/h12-13H,1-9,11H2. The Morgan fingerprint density at radius 2 is 1.92 bits per heavy atom. The Balaban J connectivity index is 2.29. The highest BCUT2D eigenvalue weighted by atomic mass is 16.3. The van der Waals surface area contributed by atoms with Crippen molar-refractivity contribution in [3.05, 3.63) is 0 Å². The fourth-order valence-electron chi connectivity index (χ4n) is 2.07. The van der Waals surface area contributed by atoms with Crippen molar-refractivity contribution in [1.82, 2.24) is 5.32 Å². The molecular formula is C10H22N2O. The topological polar surface area (TPSA) is 58.3 Å². The van der Waals surface area contributed by atoms with E-state index in [2.05, 4.69) is 5.32 Å². The molecule has 0 saturated heterocycles. The molecule has 0 radical (unpaired) electrons. The normalized spacial score (nSPS) is 21.7. The van der Waals surface area contributed by atoms with Gasteiger partial charge in [0.05, 0.1) is 6.61 Å². The van der Waals surface area contributed by atoms with Crippen molar-refractivity contribution >= 4 is 0 Å². The fourth-order valence-corrected chi connectivity index (χ4v) is 2.07. The van der Waals surface area contributed by atoms with E-state index in [1.807, 2.05) is 0 Å². The highest BCUT2D eigenvalue weighted by molar-refractivity contribution is 4.89. The molecule has 0 aromatic rings. The highest BCUT2D eigenvalue weighted by Crippen LogP contribution is 2.27. The van der Waals surface area contributed by atoms with Crippen molar-refractivity contribution in [2.24, 2.45) is 5.73 Å². The second kappa shape index (κ2) is 5.58. The largest absolute Gasteiger partial charge is 0.394 e. The predicted molar refractivity (Wildman–Crippen MR) is 54.6 cm³/mol. The van der Waals surface area contributed by atoms with E-state index in [4.69, 9.17) is 5.73 Å². The molecule has 0 bridgehead atoms. The van der Waals surface area contributed by atoms with Crippen LogP contribution < -0.4 is 11.1 Å². The van der Waals surface area contributed by atoms with Gasteiger partial charge in [0, 0.05) is 5.54 Å². The Labute approximate surface area is 80.7 Å². The van der Waals surface area contributed by atoms with Gasteiger partial charge in [-0.25, -0.2) is 0 Å². The van der Waals surface area contributed by atoms with Crippen LogP contribution in [0.2, 0.25) is 0 Å². The summed E-state index contributed by atoms with van der Waals surface area (Å²) < 4.78 is 0. The average Bonchev–Trinajstić information content (AvgIpc) is 2.20. The van der Waals surface area contributed by atoms with E-state index >= 15 is 0 Å². The molecule has 4 N–H and O–H groups in total. The minimum absolute atomic E-state index is 0.0213. The van der Waals surface area contributed by atoms with Crippen LogP contribution in [0.5, 0.6) is 0 Å². The van der Waals surface area contributed by atoms with Gasteiger partial charge in [-0.3, -0.25) is 0 Å². The SMILES string of the molecule is NCCCNC1(CO)CCCCC1. The third-order valence-corrected chi connectivity index (χ3v) is 2.99. The smallest absolute Gasteiger partial charge is 0.0613 e. The van der Waals surface area contributed by atoms with Crippen molar-refractivity contribution in [3.63, 3.8) is 0 Å². The van der Waals surface area contributed by atoms with Crippen LogP contribution in [0.3, 0.4) is 0 Å². The zero-order valence-corrected chi connectivity index (χ0v) is 8.39. The van der Waals surface area contributed by atoms with E-state index in [0.717, 1.165) is 32.4 Å². The molecule has 0 spiro atoms. The molecule has 3 nitrogen and oxygen atoms in total. The van der Waals surface area contributed by atoms with E-state index < -0.39 is 0 Å². The van der Waals surface area contributed by atoms with E-state index in [0.29, 0.717) is 0 Å². The van der Waals surface area contributed by atoms with Gasteiger partial charge >= 0.3 is 0 Å². The van der Waals surface area contributed by atoms with Crippen molar-refractivity contribution in [2.45, 2.75) is 44.1 Å². The maximum atomic E-state index is 9.35. The number of hydrogen-bond donors (Lipinski definition) is 3. The first-order valence-electron chi connectivity index (χ1n) is 5.39. The number of rotatable bonds is 5.